The lowest BCUT2D eigenvalue weighted by molar-refractivity contribution is 0.623. The average molecular weight is 376 g/mol. The monoisotopic (exact) mass is 375 g/mol. The van der Waals surface area contributed by atoms with E-state index in [1.807, 2.05) is 32.0 Å². The number of hydrogen-bond donors (Lipinski definition) is 2. The van der Waals surface area contributed by atoms with Crippen LogP contribution in [0.5, 0.6) is 0 Å². The van der Waals surface area contributed by atoms with E-state index in [1.54, 1.807) is 6.07 Å². The van der Waals surface area contributed by atoms with E-state index in [4.69, 9.17) is 0 Å². The van der Waals surface area contributed by atoms with Gasteiger partial charge >= 0.3 is 0 Å². The summed E-state index contributed by atoms with van der Waals surface area (Å²) in [7, 11) is 0. The second-order valence-corrected chi connectivity index (χ2v) is 6.31. The number of hydrogen-bond acceptors (Lipinski definition) is 3. The fourth-order valence-electron chi connectivity index (χ4n) is 2.50. The Bertz CT molecular complexity index is 952. The fraction of sp³-hybridized carbons (Fsp3) is 0.176. The zero-order valence-corrected chi connectivity index (χ0v) is 14.3. The van der Waals surface area contributed by atoms with E-state index < -0.39 is 0 Å². The Morgan fingerprint density at radius 1 is 1.26 bits per heavy atom. The van der Waals surface area contributed by atoms with Crippen LogP contribution >= 0.6 is 15.9 Å². The van der Waals surface area contributed by atoms with Gasteiger partial charge in [0.2, 0.25) is 0 Å². The predicted octanol–water partition coefficient (Wildman–Crippen LogP) is 4.05. The predicted molar refractivity (Wildman–Crippen MR) is 93.3 cm³/mol. The van der Waals surface area contributed by atoms with Crippen LogP contribution in [0.2, 0.25) is 0 Å². The number of anilines is 1. The molecule has 0 unspecified atom stereocenters. The molecule has 0 aliphatic carbocycles. The molecule has 4 nitrogen and oxygen atoms in total. The van der Waals surface area contributed by atoms with Gasteiger partial charge in [0.25, 0.3) is 5.56 Å². The zero-order valence-electron chi connectivity index (χ0n) is 12.7. The first-order valence-electron chi connectivity index (χ1n) is 7.13. The van der Waals surface area contributed by atoms with Crippen LogP contribution < -0.4 is 10.9 Å². The highest BCUT2D eigenvalue weighted by molar-refractivity contribution is 9.10. The molecule has 3 rings (SSSR count). The molecule has 2 heterocycles. The summed E-state index contributed by atoms with van der Waals surface area (Å²) < 4.78 is 14.0. The molecule has 0 aliphatic rings. The number of aryl methyl sites for hydroxylation is 2. The molecule has 118 valence electrons. The number of aromatic nitrogens is 2. The highest BCUT2D eigenvalue weighted by Crippen LogP contribution is 2.23. The Morgan fingerprint density at radius 2 is 2.04 bits per heavy atom. The Morgan fingerprint density at radius 3 is 2.78 bits per heavy atom. The molecule has 0 bridgehead atoms. The molecule has 23 heavy (non-hydrogen) atoms. The summed E-state index contributed by atoms with van der Waals surface area (Å²) in [4.78, 5) is 19.2. The molecule has 1 aromatic carbocycles. The summed E-state index contributed by atoms with van der Waals surface area (Å²) in [6.45, 7) is 4.11. The van der Waals surface area contributed by atoms with Crippen LogP contribution in [0.25, 0.3) is 10.9 Å². The van der Waals surface area contributed by atoms with Gasteiger partial charge < -0.3 is 10.3 Å². The van der Waals surface area contributed by atoms with Crippen molar-refractivity contribution in [1.29, 1.82) is 0 Å². The van der Waals surface area contributed by atoms with Crippen molar-refractivity contribution in [3.63, 3.8) is 0 Å². The molecular formula is C17H15BrFN3O. The van der Waals surface area contributed by atoms with E-state index >= 15 is 0 Å². The number of H-pyrrole nitrogens is 1. The minimum atomic E-state index is -0.354. The topological polar surface area (TPSA) is 57.8 Å². The number of nitrogens with zero attached hydrogens (tertiary/aromatic N) is 1. The molecule has 3 aromatic rings. The van der Waals surface area contributed by atoms with Crippen LogP contribution in [-0.4, -0.2) is 9.97 Å². The van der Waals surface area contributed by atoms with Crippen LogP contribution in [0.15, 0.2) is 39.6 Å². The molecule has 0 saturated heterocycles. The number of nitrogens with one attached hydrogen (secondary N) is 2. The van der Waals surface area contributed by atoms with Gasteiger partial charge in [0, 0.05) is 29.3 Å². The van der Waals surface area contributed by atoms with Gasteiger partial charge in [-0.05, 0) is 59.6 Å². The summed E-state index contributed by atoms with van der Waals surface area (Å²) >= 11 is 3.16. The molecule has 0 fully saturated rings. The third-order valence-corrected chi connectivity index (χ3v) is 4.28. The van der Waals surface area contributed by atoms with Crippen molar-refractivity contribution in [2.24, 2.45) is 0 Å². The first-order valence-corrected chi connectivity index (χ1v) is 7.92. The van der Waals surface area contributed by atoms with Gasteiger partial charge in [-0.2, -0.15) is 0 Å². The summed E-state index contributed by atoms with van der Waals surface area (Å²) in [5.74, 6) is 0.242. The second-order valence-electron chi connectivity index (χ2n) is 5.45. The van der Waals surface area contributed by atoms with Crippen molar-refractivity contribution in [3.8, 4) is 0 Å². The Hall–Kier alpha value is -2.21. The van der Waals surface area contributed by atoms with Crippen molar-refractivity contribution in [1.82, 2.24) is 9.97 Å². The summed E-state index contributed by atoms with van der Waals surface area (Å²) in [5.41, 5.74) is 2.88. The van der Waals surface area contributed by atoms with E-state index in [0.29, 0.717) is 27.9 Å². The molecule has 0 spiro atoms. The van der Waals surface area contributed by atoms with Crippen LogP contribution in [-0.2, 0) is 6.54 Å². The van der Waals surface area contributed by atoms with E-state index in [9.17, 15) is 9.18 Å². The maximum atomic E-state index is 13.6. The number of aromatic amines is 1. The zero-order chi connectivity index (χ0) is 16.6. The third kappa shape index (κ3) is 3.27. The lowest BCUT2D eigenvalue weighted by Gasteiger charge is -2.09. The fourth-order valence-corrected chi connectivity index (χ4v) is 2.86. The minimum absolute atomic E-state index is 0.106. The van der Waals surface area contributed by atoms with Crippen molar-refractivity contribution < 1.29 is 4.39 Å². The molecule has 0 radical (unpaired) electrons. The molecule has 2 aromatic heterocycles. The molecule has 0 amide bonds. The Labute approximate surface area is 140 Å². The van der Waals surface area contributed by atoms with Crippen molar-refractivity contribution >= 4 is 32.7 Å². The molecule has 6 heteroatoms. The highest BCUT2D eigenvalue weighted by atomic mass is 79.9. The Kier molecular flexibility index (Phi) is 4.17. The smallest absolute Gasteiger partial charge is 0.253 e. The molecule has 0 aliphatic heterocycles. The van der Waals surface area contributed by atoms with Crippen LogP contribution in [0, 0.1) is 19.7 Å². The van der Waals surface area contributed by atoms with Gasteiger partial charge in [-0.1, -0.05) is 0 Å². The second kappa shape index (κ2) is 6.12. The van der Waals surface area contributed by atoms with Gasteiger partial charge in [-0.25, -0.2) is 9.37 Å². The quantitative estimate of drug-likeness (QED) is 0.725. The van der Waals surface area contributed by atoms with Crippen molar-refractivity contribution in [2.75, 3.05) is 5.32 Å². The van der Waals surface area contributed by atoms with Gasteiger partial charge in [-0.3, -0.25) is 4.79 Å². The first-order chi connectivity index (χ1) is 10.9. The molecule has 0 atom stereocenters. The number of pyridine rings is 2. The first kappa shape index (κ1) is 15.7. The normalized spacial score (nSPS) is 11.0. The molecule has 0 saturated carbocycles. The number of fused-ring (bicyclic) bond motifs is 1. The van der Waals surface area contributed by atoms with E-state index in [1.165, 1.54) is 6.07 Å². The third-order valence-electron chi connectivity index (χ3n) is 3.67. The SMILES string of the molecule is Cc1cc(C)c(CNc2ccc3cc(Br)c(F)cc3n2)c(=O)[nH]1. The van der Waals surface area contributed by atoms with Crippen molar-refractivity contribution in [2.45, 2.75) is 20.4 Å². The van der Waals surface area contributed by atoms with Gasteiger partial charge in [0.05, 0.1) is 9.99 Å². The minimum Gasteiger partial charge on any atom is -0.366 e. The summed E-state index contributed by atoms with van der Waals surface area (Å²) in [5, 5.41) is 3.96. The van der Waals surface area contributed by atoms with Gasteiger partial charge in [-0.15, -0.1) is 0 Å². The van der Waals surface area contributed by atoms with E-state index in [0.717, 1.165) is 16.6 Å². The lowest BCUT2D eigenvalue weighted by atomic mass is 10.1. The number of halogens is 2. The Balaban J connectivity index is 1.88. The van der Waals surface area contributed by atoms with Crippen LogP contribution in [0.1, 0.15) is 16.8 Å². The summed E-state index contributed by atoms with van der Waals surface area (Å²) in [6, 6.07) is 8.68. The maximum absolute atomic E-state index is 13.6. The largest absolute Gasteiger partial charge is 0.366 e. The van der Waals surface area contributed by atoms with E-state index in [2.05, 4.69) is 31.2 Å². The van der Waals surface area contributed by atoms with Crippen molar-refractivity contribution in [3.05, 3.63) is 67.8 Å². The standard InChI is InChI=1S/C17H15BrFN3O/c1-9-5-10(2)21-17(23)12(9)8-20-16-4-3-11-6-13(18)14(19)7-15(11)22-16/h3-7H,8H2,1-2H3,(H,20,22)(H,21,23). The maximum Gasteiger partial charge on any atom is 0.253 e. The molecular weight excluding hydrogens is 361 g/mol. The number of benzene rings is 1. The van der Waals surface area contributed by atoms with E-state index in [-0.39, 0.29) is 11.4 Å². The van der Waals surface area contributed by atoms with Gasteiger partial charge in [0.15, 0.2) is 0 Å². The highest BCUT2D eigenvalue weighted by Gasteiger charge is 2.07. The number of rotatable bonds is 3. The van der Waals surface area contributed by atoms with Crippen LogP contribution in [0.4, 0.5) is 10.2 Å². The summed E-state index contributed by atoms with van der Waals surface area (Å²) in [6.07, 6.45) is 0. The average Bonchev–Trinajstić information content (AvgIpc) is 2.47. The molecule has 2 N–H and O–H groups in total. The lowest BCUT2D eigenvalue weighted by Crippen LogP contribution is -2.18. The van der Waals surface area contributed by atoms with Crippen LogP contribution in [0.3, 0.4) is 0 Å². The van der Waals surface area contributed by atoms with Gasteiger partial charge in [0.1, 0.15) is 11.6 Å².